The molecule has 0 unspecified atom stereocenters. The van der Waals surface area contributed by atoms with Crippen LogP contribution in [-0.4, -0.2) is 70.8 Å². The lowest BCUT2D eigenvalue weighted by Gasteiger charge is -2.37. The fourth-order valence-corrected chi connectivity index (χ4v) is 6.27. The molecule has 0 radical (unpaired) electrons. The molecule has 1 aliphatic rings. The predicted octanol–water partition coefficient (Wildman–Crippen LogP) is 4.39. The van der Waals surface area contributed by atoms with Crippen molar-refractivity contribution in [2.75, 3.05) is 36.0 Å². The van der Waals surface area contributed by atoms with Crippen LogP contribution in [0.15, 0.2) is 103 Å². The summed E-state index contributed by atoms with van der Waals surface area (Å²) < 4.78 is 64.5. The standard InChI is InChI=1S/C35H32F4N10O2/c1-2-49-33(50)48(23-42-49)29-11-9-28(10-12-29)46-17-15-45(16-18-46)27-7-3-24(4-8-27)25-5-14-32(40-20-25)35(38,39)34(51,21-47-22-41-43-44-47)30-13-6-26(36)19-31(30)37/h3-14,19-20,22-23,51H,2,15-18,21H2,1H3/t34-/m0/s1. The van der Waals surface area contributed by atoms with Gasteiger partial charge in [-0.3, -0.25) is 4.98 Å². The third-order valence-electron chi connectivity index (χ3n) is 9.13. The van der Waals surface area contributed by atoms with Crippen molar-refractivity contribution in [1.29, 1.82) is 0 Å². The molecule has 6 aromatic rings. The Labute approximate surface area is 288 Å². The Hall–Kier alpha value is -5.90. The Morgan fingerprint density at radius 2 is 1.43 bits per heavy atom. The highest BCUT2D eigenvalue weighted by atomic mass is 19.3. The first kappa shape index (κ1) is 33.6. The highest BCUT2D eigenvalue weighted by molar-refractivity contribution is 5.66. The van der Waals surface area contributed by atoms with Gasteiger partial charge in [-0.1, -0.05) is 18.2 Å². The molecule has 16 heteroatoms. The maximum absolute atomic E-state index is 16.1. The highest BCUT2D eigenvalue weighted by Gasteiger charge is 2.58. The summed E-state index contributed by atoms with van der Waals surface area (Å²) >= 11 is 0. The lowest BCUT2D eigenvalue weighted by molar-refractivity contribution is -0.207. The first-order valence-electron chi connectivity index (χ1n) is 16.2. The number of aliphatic hydroxyl groups is 1. The summed E-state index contributed by atoms with van der Waals surface area (Å²) in [5.74, 6) is -6.49. The van der Waals surface area contributed by atoms with E-state index in [0.29, 0.717) is 18.2 Å². The van der Waals surface area contributed by atoms with Crippen LogP contribution in [0.4, 0.5) is 28.9 Å². The second-order valence-corrected chi connectivity index (χ2v) is 12.1. The summed E-state index contributed by atoms with van der Waals surface area (Å²) in [6.45, 7) is 4.57. The van der Waals surface area contributed by atoms with Gasteiger partial charge in [0.25, 0.3) is 0 Å². The molecule has 1 aliphatic heterocycles. The van der Waals surface area contributed by atoms with Crippen LogP contribution in [0.2, 0.25) is 0 Å². The van der Waals surface area contributed by atoms with E-state index in [2.05, 4.69) is 35.4 Å². The van der Waals surface area contributed by atoms with E-state index in [1.54, 1.807) is 0 Å². The maximum atomic E-state index is 16.1. The van der Waals surface area contributed by atoms with Crippen molar-refractivity contribution < 1.29 is 22.7 Å². The fraction of sp³-hybridized carbons (Fsp3) is 0.257. The third-order valence-corrected chi connectivity index (χ3v) is 9.13. The number of nitrogens with zero attached hydrogens (tertiary/aromatic N) is 10. The summed E-state index contributed by atoms with van der Waals surface area (Å²) in [6.07, 6.45) is 3.78. The second kappa shape index (κ2) is 13.4. The summed E-state index contributed by atoms with van der Waals surface area (Å²) in [7, 11) is 0. The summed E-state index contributed by atoms with van der Waals surface area (Å²) in [4.78, 5) is 20.9. The van der Waals surface area contributed by atoms with Crippen molar-refractivity contribution >= 4 is 11.4 Å². The summed E-state index contributed by atoms with van der Waals surface area (Å²) in [6, 6.07) is 20.0. The number of aryl methyl sites for hydroxylation is 1. The molecule has 51 heavy (non-hydrogen) atoms. The molecular weight excluding hydrogens is 668 g/mol. The lowest BCUT2D eigenvalue weighted by Crippen LogP contribution is -2.48. The number of rotatable bonds is 10. The zero-order chi connectivity index (χ0) is 35.8. The van der Waals surface area contributed by atoms with Crippen LogP contribution in [0.1, 0.15) is 18.2 Å². The van der Waals surface area contributed by atoms with E-state index in [0.717, 1.165) is 78.0 Å². The molecule has 0 saturated carbocycles. The Morgan fingerprint density at radius 3 is 1.98 bits per heavy atom. The average Bonchev–Trinajstić information content (AvgIpc) is 3.80. The van der Waals surface area contributed by atoms with Gasteiger partial charge in [0, 0.05) is 67.5 Å². The number of hydrogen-bond donors (Lipinski definition) is 1. The smallest absolute Gasteiger partial charge is 0.350 e. The van der Waals surface area contributed by atoms with Gasteiger partial charge in [0.05, 0.1) is 12.2 Å². The molecular formula is C35H32F4N10O2. The van der Waals surface area contributed by atoms with Gasteiger partial charge in [-0.25, -0.2) is 27.5 Å². The van der Waals surface area contributed by atoms with Crippen molar-refractivity contribution in [2.45, 2.75) is 31.5 Å². The minimum Gasteiger partial charge on any atom is -0.377 e. The van der Waals surface area contributed by atoms with Crippen molar-refractivity contribution in [3.05, 3.63) is 131 Å². The summed E-state index contributed by atoms with van der Waals surface area (Å²) in [5, 5.41) is 25.9. The van der Waals surface area contributed by atoms with E-state index in [-0.39, 0.29) is 5.69 Å². The number of halogens is 4. The van der Waals surface area contributed by atoms with Gasteiger partial charge in [0.1, 0.15) is 30.0 Å². The highest BCUT2D eigenvalue weighted by Crippen LogP contribution is 2.47. The number of alkyl halides is 2. The molecule has 7 rings (SSSR count). The molecule has 12 nitrogen and oxygen atoms in total. The number of pyridine rings is 1. The Balaban J connectivity index is 1.02. The van der Waals surface area contributed by atoms with E-state index in [4.69, 9.17) is 0 Å². The van der Waals surface area contributed by atoms with Gasteiger partial charge in [-0.2, -0.15) is 13.9 Å². The van der Waals surface area contributed by atoms with Crippen LogP contribution in [0.5, 0.6) is 0 Å². The molecule has 3 aromatic carbocycles. The number of anilines is 2. The monoisotopic (exact) mass is 700 g/mol. The lowest BCUT2D eigenvalue weighted by atomic mass is 9.84. The predicted molar refractivity (Wildman–Crippen MR) is 180 cm³/mol. The van der Waals surface area contributed by atoms with Gasteiger partial charge >= 0.3 is 11.6 Å². The number of tetrazole rings is 1. The quantitative estimate of drug-likeness (QED) is 0.208. The van der Waals surface area contributed by atoms with Crippen molar-refractivity contribution in [3.63, 3.8) is 0 Å². The topological polar surface area (TPSA) is 123 Å². The summed E-state index contributed by atoms with van der Waals surface area (Å²) in [5.41, 5.74) is -0.952. The van der Waals surface area contributed by atoms with Crippen LogP contribution in [0.3, 0.4) is 0 Å². The molecule has 0 bridgehead atoms. The molecule has 3 aromatic heterocycles. The van der Waals surface area contributed by atoms with Crippen LogP contribution < -0.4 is 15.5 Å². The minimum absolute atomic E-state index is 0.178. The SMILES string of the molecule is CCn1ncn(-c2ccc(N3CCN(c4ccc(-c5ccc(C(F)(F)[C@](O)(Cn6cnnn6)c6ccc(F)cc6F)nc5)cc4)CC3)cc2)c1=O. The van der Waals surface area contributed by atoms with Crippen LogP contribution in [0, 0.1) is 11.6 Å². The maximum Gasteiger partial charge on any atom is 0.350 e. The van der Waals surface area contributed by atoms with Crippen molar-refractivity contribution in [1.82, 2.24) is 39.5 Å². The zero-order valence-corrected chi connectivity index (χ0v) is 27.3. The molecule has 1 N–H and O–H groups in total. The molecule has 1 atom stereocenters. The molecule has 262 valence electrons. The van der Waals surface area contributed by atoms with Gasteiger partial charge in [0.2, 0.25) is 0 Å². The largest absolute Gasteiger partial charge is 0.377 e. The Bertz CT molecular complexity index is 2160. The van der Waals surface area contributed by atoms with E-state index in [1.165, 1.54) is 27.8 Å². The van der Waals surface area contributed by atoms with E-state index in [1.807, 2.05) is 55.5 Å². The molecule has 0 aliphatic carbocycles. The van der Waals surface area contributed by atoms with E-state index in [9.17, 15) is 18.7 Å². The Morgan fingerprint density at radius 1 is 0.804 bits per heavy atom. The van der Waals surface area contributed by atoms with E-state index < -0.39 is 41.0 Å². The molecule has 1 fully saturated rings. The number of piperazine rings is 1. The van der Waals surface area contributed by atoms with Gasteiger partial charge in [-0.15, -0.1) is 5.10 Å². The number of aromatic nitrogens is 8. The van der Waals surface area contributed by atoms with Crippen LogP contribution in [-0.2, 0) is 24.6 Å². The molecule has 1 saturated heterocycles. The minimum atomic E-state index is -4.15. The molecule has 0 spiro atoms. The first-order chi connectivity index (χ1) is 24.6. The van der Waals surface area contributed by atoms with Crippen molar-refractivity contribution in [3.8, 4) is 16.8 Å². The average molecular weight is 701 g/mol. The zero-order valence-electron chi connectivity index (χ0n) is 27.3. The molecule has 0 amide bonds. The Kier molecular flexibility index (Phi) is 8.85. The van der Waals surface area contributed by atoms with Gasteiger partial charge in [0.15, 0.2) is 5.60 Å². The van der Waals surface area contributed by atoms with Crippen LogP contribution in [0.25, 0.3) is 16.8 Å². The van der Waals surface area contributed by atoms with Crippen LogP contribution >= 0.6 is 0 Å². The van der Waals surface area contributed by atoms with E-state index >= 15 is 8.78 Å². The van der Waals surface area contributed by atoms with Gasteiger partial charge in [-0.05, 0) is 77.5 Å². The fourth-order valence-electron chi connectivity index (χ4n) is 6.27. The number of hydrogen-bond acceptors (Lipinski definition) is 9. The van der Waals surface area contributed by atoms with Crippen molar-refractivity contribution in [2.24, 2.45) is 0 Å². The normalized spacial score (nSPS) is 14.9. The van der Waals surface area contributed by atoms with Gasteiger partial charge < -0.3 is 14.9 Å². The molecule has 4 heterocycles. The number of benzene rings is 3. The second-order valence-electron chi connectivity index (χ2n) is 12.1. The third kappa shape index (κ3) is 6.33. The first-order valence-corrected chi connectivity index (χ1v) is 16.2.